The Labute approximate surface area is 41.4 Å². The highest BCUT2D eigenvalue weighted by molar-refractivity contribution is 4.37. The maximum Gasteiger partial charge on any atom is 0.343 e. The normalized spacial score (nSPS) is 12.0. The van der Waals surface area contributed by atoms with Crippen LogP contribution in [-0.2, 0) is 0 Å². The van der Waals surface area contributed by atoms with Gasteiger partial charge in [0.2, 0.25) is 0 Å². The number of hydrogen-bond donors (Lipinski definition) is 4. The smallest absolute Gasteiger partial charge is 0.330 e. The van der Waals surface area contributed by atoms with Crippen molar-refractivity contribution in [2.45, 2.75) is 13.0 Å². The maximum absolute atomic E-state index is 8.02. The van der Waals surface area contributed by atoms with Gasteiger partial charge in [-0.15, -0.1) is 0 Å². The van der Waals surface area contributed by atoms with Gasteiger partial charge in [-0.3, -0.25) is 0 Å². The van der Waals surface area contributed by atoms with Crippen molar-refractivity contribution in [1.82, 2.24) is 5.32 Å². The van der Waals surface area contributed by atoms with Crippen LogP contribution in [0.25, 0.3) is 0 Å². The Balaban J connectivity index is 3.15. The van der Waals surface area contributed by atoms with E-state index >= 15 is 0 Å². The molecule has 0 bridgehead atoms. The SMILES string of the molecule is CCNC(O)(O)O. The predicted molar refractivity (Wildman–Crippen MR) is 23.1 cm³/mol. The molecule has 0 heterocycles. The lowest BCUT2D eigenvalue weighted by atomic mass is 10.7. The van der Waals surface area contributed by atoms with Crippen LogP contribution in [-0.4, -0.2) is 28.0 Å². The van der Waals surface area contributed by atoms with Crippen molar-refractivity contribution in [1.29, 1.82) is 0 Å². The Morgan fingerprint density at radius 2 is 1.86 bits per heavy atom. The van der Waals surface area contributed by atoms with Crippen LogP contribution in [0.5, 0.6) is 0 Å². The lowest BCUT2D eigenvalue weighted by Gasteiger charge is -2.12. The standard InChI is InChI=1S/C3H9NO3/c1-2-4-3(5,6)7/h4-7H,2H2,1H3. The molecule has 0 unspecified atom stereocenters. The first-order chi connectivity index (χ1) is 3.06. The third kappa shape index (κ3) is 5.84. The molecule has 0 spiro atoms. The van der Waals surface area contributed by atoms with Crippen LogP contribution in [0, 0.1) is 0 Å². The summed E-state index contributed by atoms with van der Waals surface area (Å²) in [7, 11) is 0. The van der Waals surface area contributed by atoms with E-state index < -0.39 is 6.10 Å². The zero-order chi connectivity index (χ0) is 5.91. The van der Waals surface area contributed by atoms with Crippen molar-refractivity contribution < 1.29 is 15.3 Å². The summed E-state index contributed by atoms with van der Waals surface area (Å²) in [5.74, 6) is 0. The summed E-state index contributed by atoms with van der Waals surface area (Å²) in [6.45, 7) is 1.95. The second-order valence-corrected chi connectivity index (χ2v) is 1.17. The molecule has 0 amide bonds. The fraction of sp³-hybridized carbons (Fsp3) is 1.00. The van der Waals surface area contributed by atoms with Crippen LogP contribution in [0.1, 0.15) is 6.92 Å². The summed E-state index contributed by atoms with van der Waals surface area (Å²) in [6.07, 6.45) is -2.70. The van der Waals surface area contributed by atoms with E-state index in [2.05, 4.69) is 0 Å². The number of aliphatic hydroxyl groups is 3. The molecule has 0 aromatic carbocycles. The van der Waals surface area contributed by atoms with E-state index in [0.29, 0.717) is 6.54 Å². The summed E-state index contributed by atoms with van der Waals surface area (Å²) in [6, 6.07) is 0. The zero-order valence-electron chi connectivity index (χ0n) is 4.05. The van der Waals surface area contributed by atoms with Gasteiger partial charge >= 0.3 is 6.10 Å². The average Bonchev–Trinajstić information content (AvgIpc) is 1.30. The summed E-state index contributed by atoms with van der Waals surface area (Å²) in [4.78, 5) is 0. The van der Waals surface area contributed by atoms with Gasteiger partial charge in [0, 0.05) is 0 Å². The average molecular weight is 107 g/mol. The first-order valence-electron chi connectivity index (χ1n) is 1.98. The Hall–Kier alpha value is -0.160. The van der Waals surface area contributed by atoms with E-state index in [1.807, 2.05) is 5.32 Å². The molecule has 0 atom stereocenters. The largest absolute Gasteiger partial charge is 0.343 e. The predicted octanol–water partition coefficient (Wildman–Crippen LogP) is -1.82. The molecule has 0 aliphatic carbocycles. The van der Waals surface area contributed by atoms with E-state index in [9.17, 15) is 0 Å². The summed E-state index contributed by atoms with van der Waals surface area (Å²) in [5.41, 5.74) is 0. The molecule has 0 aliphatic heterocycles. The van der Waals surface area contributed by atoms with Crippen molar-refractivity contribution in [3.8, 4) is 0 Å². The van der Waals surface area contributed by atoms with Gasteiger partial charge in [0.1, 0.15) is 0 Å². The van der Waals surface area contributed by atoms with E-state index in [1.165, 1.54) is 0 Å². The highest BCUT2D eigenvalue weighted by Gasteiger charge is 2.13. The zero-order valence-corrected chi connectivity index (χ0v) is 4.05. The van der Waals surface area contributed by atoms with Crippen molar-refractivity contribution in [3.63, 3.8) is 0 Å². The van der Waals surface area contributed by atoms with Crippen LogP contribution >= 0.6 is 0 Å². The van der Waals surface area contributed by atoms with Gasteiger partial charge in [-0.05, 0) is 6.54 Å². The molecular formula is C3H9NO3. The third-order valence-corrected chi connectivity index (χ3v) is 0.414. The lowest BCUT2D eigenvalue weighted by molar-refractivity contribution is -0.330. The Morgan fingerprint density at radius 3 is 1.86 bits per heavy atom. The highest BCUT2D eigenvalue weighted by atomic mass is 16.7. The molecule has 0 saturated heterocycles. The monoisotopic (exact) mass is 107 g/mol. The molecule has 0 rings (SSSR count). The molecule has 0 aliphatic rings. The molecular weight excluding hydrogens is 98.0 g/mol. The second-order valence-electron chi connectivity index (χ2n) is 1.17. The highest BCUT2D eigenvalue weighted by Crippen LogP contribution is 1.80. The molecule has 4 heteroatoms. The van der Waals surface area contributed by atoms with Crippen molar-refractivity contribution in [3.05, 3.63) is 0 Å². The number of nitrogens with one attached hydrogen (secondary N) is 1. The summed E-state index contributed by atoms with van der Waals surface area (Å²) >= 11 is 0. The van der Waals surface area contributed by atoms with E-state index in [4.69, 9.17) is 15.3 Å². The van der Waals surface area contributed by atoms with Gasteiger partial charge in [-0.2, -0.15) is 0 Å². The molecule has 0 aromatic rings. The van der Waals surface area contributed by atoms with Crippen LogP contribution < -0.4 is 5.32 Å². The lowest BCUT2D eigenvalue weighted by Crippen LogP contribution is -2.44. The summed E-state index contributed by atoms with van der Waals surface area (Å²) in [5, 5.41) is 26.0. The molecule has 0 fully saturated rings. The van der Waals surface area contributed by atoms with Gasteiger partial charge in [-0.25, -0.2) is 5.32 Å². The van der Waals surface area contributed by atoms with Crippen LogP contribution in [0.2, 0.25) is 0 Å². The second kappa shape index (κ2) is 2.23. The molecule has 0 saturated carbocycles. The third-order valence-electron chi connectivity index (χ3n) is 0.414. The van der Waals surface area contributed by atoms with E-state index in [1.54, 1.807) is 6.92 Å². The van der Waals surface area contributed by atoms with E-state index in [0.717, 1.165) is 0 Å². The molecule has 0 radical (unpaired) electrons. The van der Waals surface area contributed by atoms with Crippen molar-refractivity contribution in [2.75, 3.05) is 6.54 Å². The van der Waals surface area contributed by atoms with E-state index in [-0.39, 0.29) is 0 Å². The number of hydrogen-bond acceptors (Lipinski definition) is 4. The fourth-order valence-corrected chi connectivity index (χ4v) is 0.237. The Kier molecular flexibility index (Phi) is 2.17. The number of rotatable bonds is 2. The van der Waals surface area contributed by atoms with Crippen LogP contribution in [0.4, 0.5) is 0 Å². The van der Waals surface area contributed by atoms with Gasteiger partial charge < -0.3 is 15.3 Å². The minimum absolute atomic E-state index is 0.309. The first kappa shape index (κ1) is 6.84. The molecule has 0 aromatic heterocycles. The maximum atomic E-state index is 8.02. The van der Waals surface area contributed by atoms with Crippen molar-refractivity contribution >= 4 is 0 Å². The summed E-state index contributed by atoms with van der Waals surface area (Å²) < 4.78 is 0. The molecule has 4 N–H and O–H groups in total. The Bertz CT molecular complexity index is 48.6. The minimum Gasteiger partial charge on any atom is -0.330 e. The molecule has 44 valence electrons. The van der Waals surface area contributed by atoms with Crippen molar-refractivity contribution in [2.24, 2.45) is 0 Å². The van der Waals surface area contributed by atoms with Crippen LogP contribution in [0.15, 0.2) is 0 Å². The first-order valence-corrected chi connectivity index (χ1v) is 1.98. The van der Waals surface area contributed by atoms with Gasteiger partial charge in [0.05, 0.1) is 0 Å². The molecule has 4 nitrogen and oxygen atoms in total. The van der Waals surface area contributed by atoms with Gasteiger partial charge in [-0.1, -0.05) is 6.92 Å². The molecule has 7 heavy (non-hydrogen) atoms. The van der Waals surface area contributed by atoms with Crippen LogP contribution in [0.3, 0.4) is 0 Å². The topological polar surface area (TPSA) is 72.7 Å². The minimum atomic E-state index is -2.70. The quantitative estimate of drug-likeness (QED) is 0.314. The van der Waals surface area contributed by atoms with Gasteiger partial charge in [0.15, 0.2) is 0 Å². The fourth-order valence-electron chi connectivity index (χ4n) is 0.237. The Morgan fingerprint density at radius 1 is 1.43 bits per heavy atom. The van der Waals surface area contributed by atoms with Gasteiger partial charge in [0.25, 0.3) is 0 Å².